The summed E-state index contributed by atoms with van der Waals surface area (Å²) in [5.41, 5.74) is 0.925. The number of nitrogens with one attached hydrogen (secondary N) is 1. The number of carbonyl (C=O) groups is 1. The SMILES string of the molecule is COc1cc(NC(=O)c2sc3nc(C)n(C)c(=O)c3c2C)cc(OC)c1OC. The summed E-state index contributed by atoms with van der Waals surface area (Å²) in [4.78, 5) is 30.9. The van der Waals surface area contributed by atoms with Crippen molar-refractivity contribution in [2.45, 2.75) is 13.8 Å². The molecule has 0 atom stereocenters. The Hall–Kier alpha value is -3.07. The van der Waals surface area contributed by atoms with Gasteiger partial charge in [0.2, 0.25) is 5.75 Å². The van der Waals surface area contributed by atoms with Crippen LogP contribution in [-0.2, 0) is 7.05 Å². The summed E-state index contributed by atoms with van der Waals surface area (Å²) >= 11 is 1.19. The van der Waals surface area contributed by atoms with Crippen molar-refractivity contribution in [3.63, 3.8) is 0 Å². The van der Waals surface area contributed by atoms with Crippen molar-refractivity contribution < 1.29 is 19.0 Å². The number of carbonyl (C=O) groups excluding carboxylic acids is 1. The number of amides is 1. The average molecular weight is 403 g/mol. The molecule has 0 saturated heterocycles. The molecule has 2 heterocycles. The summed E-state index contributed by atoms with van der Waals surface area (Å²) in [7, 11) is 6.18. The van der Waals surface area contributed by atoms with Gasteiger partial charge in [-0.15, -0.1) is 11.3 Å². The van der Waals surface area contributed by atoms with E-state index >= 15 is 0 Å². The van der Waals surface area contributed by atoms with Crippen molar-refractivity contribution in [2.24, 2.45) is 7.05 Å². The van der Waals surface area contributed by atoms with Crippen molar-refractivity contribution in [1.82, 2.24) is 9.55 Å². The quantitative estimate of drug-likeness (QED) is 0.704. The molecule has 1 amide bonds. The van der Waals surface area contributed by atoms with Crippen LogP contribution >= 0.6 is 11.3 Å². The van der Waals surface area contributed by atoms with Crippen LogP contribution in [0.2, 0.25) is 0 Å². The van der Waals surface area contributed by atoms with Gasteiger partial charge in [-0.05, 0) is 19.4 Å². The van der Waals surface area contributed by atoms with Gasteiger partial charge in [0, 0.05) is 24.9 Å². The molecule has 1 aromatic carbocycles. The standard InChI is InChI=1S/C19H21N3O5S/c1-9-14-18(20-10(2)22(3)19(14)24)28-16(9)17(23)21-11-7-12(25-4)15(27-6)13(8-11)26-5/h7-8H,1-6H3,(H,21,23). The lowest BCUT2D eigenvalue weighted by Gasteiger charge is -2.14. The lowest BCUT2D eigenvalue weighted by atomic mass is 10.2. The maximum Gasteiger partial charge on any atom is 0.266 e. The fourth-order valence-electron chi connectivity index (χ4n) is 2.92. The molecule has 0 unspecified atom stereocenters. The second kappa shape index (κ2) is 7.51. The predicted molar refractivity (Wildman–Crippen MR) is 108 cm³/mol. The van der Waals surface area contributed by atoms with Gasteiger partial charge >= 0.3 is 0 Å². The van der Waals surface area contributed by atoms with Gasteiger partial charge in [-0.1, -0.05) is 0 Å². The fraction of sp³-hybridized carbons (Fsp3) is 0.316. The van der Waals surface area contributed by atoms with Crippen molar-refractivity contribution in [3.8, 4) is 17.2 Å². The summed E-state index contributed by atoms with van der Waals surface area (Å²) in [5.74, 6) is 1.54. The highest BCUT2D eigenvalue weighted by Crippen LogP contribution is 2.40. The van der Waals surface area contributed by atoms with Gasteiger partial charge in [-0.2, -0.15) is 0 Å². The molecule has 0 saturated carbocycles. The van der Waals surface area contributed by atoms with Gasteiger partial charge in [0.25, 0.3) is 11.5 Å². The van der Waals surface area contributed by atoms with E-state index in [0.29, 0.717) is 49.4 Å². The van der Waals surface area contributed by atoms with Crippen molar-refractivity contribution in [3.05, 3.63) is 38.8 Å². The first-order valence-electron chi connectivity index (χ1n) is 8.40. The Balaban J connectivity index is 2.04. The van der Waals surface area contributed by atoms with Gasteiger partial charge < -0.3 is 19.5 Å². The minimum Gasteiger partial charge on any atom is -0.493 e. The van der Waals surface area contributed by atoms with Gasteiger partial charge in [0.1, 0.15) is 10.7 Å². The van der Waals surface area contributed by atoms with E-state index in [4.69, 9.17) is 14.2 Å². The molecular weight excluding hydrogens is 382 g/mol. The molecule has 3 aromatic rings. The van der Waals surface area contributed by atoms with E-state index in [1.54, 1.807) is 33.0 Å². The molecule has 0 spiro atoms. The number of anilines is 1. The largest absolute Gasteiger partial charge is 0.493 e. The molecule has 2 aromatic heterocycles. The Morgan fingerprint density at radius 2 is 1.71 bits per heavy atom. The number of aromatic nitrogens is 2. The van der Waals surface area contributed by atoms with Gasteiger partial charge in [0.15, 0.2) is 11.5 Å². The first-order valence-corrected chi connectivity index (χ1v) is 9.22. The summed E-state index contributed by atoms with van der Waals surface area (Å²) in [6.45, 7) is 3.51. The highest BCUT2D eigenvalue weighted by Gasteiger charge is 2.21. The van der Waals surface area contributed by atoms with E-state index in [9.17, 15) is 9.59 Å². The maximum atomic E-state index is 12.9. The highest BCUT2D eigenvalue weighted by atomic mass is 32.1. The number of aryl methyl sites for hydroxylation is 2. The number of fused-ring (bicyclic) bond motifs is 1. The van der Waals surface area contributed by atoms with E-state index in [1.807, 2.05) is 0 Å². The second-order valence-electron chi connectivity index (χ2n) is 6.13. The third-order valence-corrected chi connectivity index (χ3v) is 5.71. The zero-order valence-electron chi connectivity index (χ0n) is 16.5. The smallest absolute Gasteiger partial charge is 0.266 e. The average Bonchev–Trinajstić information content (AvgIpc) is 3.01. The van der Waals surface area contributed by atoms with Crippen molar-refractivity contribution in [2.75, 3.05) is 26.6 Å². The van der Waals surface area contributed by atoms with Crippen molar-refractivity contribution >= 4 is 33.1 Å². The van der Waals surface area contributed by atoms with E-state index < -0.39 is 0 Å². The topological polar surface area (TPSA) is 91.7 Å². The number of nitrogens with zero attached hydrogens (tertiary/aromatic N) is 2. The van der Waals surface area contributed by atoms with E-state index in [2.05, 4.69) is 10.3 Å². The highest BCUT2D eigenvalue weighted by molar-refractivity contribution is 7.20. The van der Waals surface area contributed by atoms with E-state index in [0.717, 1.165) is 0 Å². The fourth-order valence-corrected chi connectivity index (χ4v) is 4.04. The monoisotopic (exact) mass is 403 g/mol. The summed E-state index contributed by atoms with van der Waals surface area (Å²) in [5, 5.41) is 3.29. The first-order chi connectivity index (χ1) is 13.3. The molecule has 3 rings (SSSR count). The molecule has 8 nitrogen and oxygen atoms in total. The molecule has 28 heavy (non-hydrogen) atoms. The number of ether oxygens (including phenoxy) is 3. The predicted octanol–water partition coefficient (Wildman–Crippen LogP) is 2.89. The lowest BCUT2D eigenvalue weighted by molar-refractivity contribution is 0.103. The lowest BCUT2D eigenvalue weighted by Crippen LogP contribution is -2.20. The van der Waals surface area contributed by atoms with Gasteiger partial charge in [0.05, 0.1) is 31.6 Å². The second-order valence-corrected chi connectivity index (χ2v) is 7.13. The number of hydrogen-bond donors (Lipinski definition) is 1. The molecule has 148 valence electrons. The van der Waals surface area contributed by atoms with Gasteiger partial charge in [-0.25, -0.2) is 4.98 Å². The Morgan fingerprint density at radius 1 is 1.11 bits per heavy atom. The Kier molecular flexibility index (Phi) is 5.28. The minimum absolute atomic E-state index is 0.164. The molecule has 0 aliphatic carbocycles. The van der Waals surface area contributed by atoms with Gasteiger partial charge in [-0.3, -0.25) is 14.2 Å². The molecule has 0 aliphatic heterocycles. The number of methoxy groups -OCH3 is 3. The third kappa shape index (κ3) is 3.18. The minimum atomic E-state index is -0.338. The normalized spacial score (nSPS) is 10.8. The first kappa shape index (κ1) is 19.7. The van der Waals surface area contributed by atoms with Crippen LogP contribution < -0.4 is 25.1 Å². The summed E-state index contributed by atoms with van der Waals surface area (Å²) in [6.07, 6.45) is 0. The number of hydrogen-bond acceptors (Lipinski definition) is 7. The summed E-state index contributed by atoms with van der Waals surface area (Å²) < 4.78 is 17.4. The maximum absolute atomic E-state index is 12.9. The van der Waals surface area contributed by atoms with Crippen LogP contribution in [0, 0.1) is 13.8 Å². The van der Waals surface area contributed by atoms with E-state index in [1.165, 1.54) is 37.2 Å². The summed E-state index contributed by atoms with van der Waals surface area (Å²) in [6, 6.07) is 3.28. The van der Waals surface area contributed by atoms with Crippen LogP contribution in [-0.4, -0.2) is 36.8 Å². The molecule has 0 radical (unpaired) electrons. The third-order valence-electron chi connectivity index (χ3n) is 4.52. The number of thiophene rings is 1. The Morgan fingerprint density at radius 3 is 2.25 bits per heavy atom. The molecule has 0 aliphatic rings. The van der Waals surface area contributed by atoms with Crippen LogP contribution in [0.1, 0.15) is 21.1 Å². The molecule has 0 bridgehead atoms. The molecule has 0 fully saturated rings. The van der Waals surface area contributed by atoms with Crippen LogP contribution in [0.5, 0.6) is 17.2 Å². The Bertz CT molecular complexity index is 1110. The molecule has 1 N–H and O–H groups in total. The number of rotatable bonds is 5. The zero-order valence-corrected chi connectivity index (χ0v) is 17.3. The van der Waals surface area contributed by atoms with Crippen molar-refractivity contribution in [1.29, 1.82) is 0 Å². The zero-order chi connectivity index (χ0) is 20.6. The van der Waals surface area contributed by atoms with Crippen LogP contribution in [0.4, 0.5) is 5.69 Å². The Labute approximate surface area is 165 Å². The molecule has 9 heteroatoms. The number of benzene rings is 1. The molecular formula is C19H21N3O5S. The van der Waals surface area contributed by atoms with Crippen LogP contribution in [0.3, 0.4) is 0 Å². The van der Waals surface area contributed by atoms with Crippen LogP contribution in [0.25, 0.3) is 10.2 Å². The van der Waals surface area contributed by atoms with Crippen LogP contribution in [0.15, 0.2) is 16.9 Å². The van der Waals surface area contributed by atoms with E-state index in [-0.39, 0.29) is 11.5 Å².